The lowest BCUT2D eigenvalue weighted by molar-refractivity contribution is -0.116. The lowest BCUT2D eigenvalue weighted by Crippen LogP contribution is -2.47. The molecule has 2 amide bonds. The minimum atomic E-state index is 0.0226. The van der Waals surface area contributed by atoms with Gasteiger partial charge >= 0.3 is 0 Å². The Hall–Kier alpha value is -3.44. The van der Waals surface area contributed by atoms with Crippen molar-refractivity contribution in [2.75, 3.05) is 29.4 Å². The first-order valence-corrected chi connectivity index (χ1v) is 12.2. The van der Waals surface area contributed by atoms with E-state index in [-0.39, 0.29) is 17.9 Å². The van der Waals surface area contributed by atoms with E-state index in [0.717, 1.165) is 50.3 Å². The minimum Gasteiger partial charge on any atom is -0.312 e. The van der Waals surface area contributed by atoms with Crippen molar-refractivity contribution in [3.63, 3.8) is 0 Å². The molecule has 34 heavy (non-hydrogen) atoms. The van der Waals surface area contributed by atoms with Crippen LogP contribution in [0.5, 0.6) is 0 Å². The smallest absolute Gasteiger partial charge is 0.258 e. The Morgan fingerprint density at radius 3 is 2.24 bits per heavy atom. The summed E-state index contributed by atoms with van der Waals surface area (Å²) >= 11 is 0. The molecule has 0 atom stereocenters. The lowest BCUT2D eigenvalue weighted by atomic mass is 9.99. The van der Waals surface area contributed by atoms with E-state index in [1.807, 2.05) is 52.3 Å². The number of fused-ring (bicyclic) bond motifs is 1. The van der Waals surface area contributed by atoms with Crippen LogP contribution >= 0.6 is 0 Å². The zero-order valence-electron chi connectivity index (χ0n) is 19.7. The molecular formula is C29H31N3O2. The monoisotopic (exact) mass is 453 g/mol. The average Bonchev–Trinajstić information content (AvgIpc) is 3.30. The normalized spacial score (nSPS) is 16.3. The molecule has 1 saturated heterocycles. The molecule has 2 aliphatic rings. The number of amides is 2. The van der Waals surface area contributed by atoms with Gasteiger partial charge < -0.3 is 9.80 Å². The number of anilines is 2. The fourth-order valence-corrected chi connectivity index (χ4v) is 5.24. The number of likely N-dealkylation sites (tertiary alicyclic amines) is 1. The summed E-state index contributed by atoms with van der Waals surface area (Å²) in [5.74, 6) is 0.0699. The summed E-state index contributed by atoms with van der Waals surface area (Å²) in [5, 5.41) is 0. The van der Waals surface area contributed by atoms with Crippen LogP contribution in [-0.2, 0) is 17.8 Å². The van der Waals surface area contributed by atoms with Gasteiger partial charge in [-0.05, 0) is 54.7 Å². The molecule has 2 aliphatic heterocycles. The molecule has 1 fully saturated rings. The van der Waals surface area contributed by atoms with E-state index in [1.165, 1.54) is 11.1 Å². The van der Waals surface area contributed by atoms with E-state index in [2.05, 4.69) is 41.3 Å². The first-order chi connectivity index (χ1) is 16.6. The third-order valence-corrected chi connectivity index (χ3v) is 7.03. The molecule has 0 unspecified atom stereocenters. The second-order valence-corrected chi connectivity index (χ2v) is 9.27. The fraction of sp³-hybridized carbons (Fsp3) is 0.310. The largest absolute Gasteiger partial charge is 0.312 e. The van der Waals surface area contributed by atoms with Crippen molar-refractivity contribution in [3.05, 3.63) is 95.6 Å². The summed E-state index contributed by atoms with van der Waals surface area (Å²) in [6.45, 7) is 5.15. The number of hydrogen-bond donors (Lipinski definition) is 0. The SMILES string of the molecule is CC(=O)N1CCc2ccc(N(C(=O)c3ccccc3)C3CCN(Cc4ccccc4)CC3)cc21. The van der Waals surface area contributed by atoms with Crippen molar-refractivity contribution >= 4 is 23.2 Å². The maximum atomic E-state index is 13.8. The van der Waals surface area contributed by atoms with Crippen molar-refractivity contribution < 1.29 is 9.59 Å². The molecule has 0 aromatic heterocycles. The van der Waals surface area contributed by atoms with E-state index >= 15 is 0 Å². The first-order valence-electron chi connectivity index (χ1n) is 12.2. The van der Waals surface area contributed by atoms with Crippen LogP contribution < -0.4 is 9.80 Å². The van der Waals surface area contributed by atoms with Crippen molar-refractivity contribution in [3.8, 4) is 0 Å². The molecule has 0 radical (unpaired) electrons. The molecule has 3 aromatic carbocycles. The van der Waals surface area contributed by atoms with Crippen LogP contribution in [-0.4, -0.2) is 42.4 Å². The predicted octanol–water partition coefficient (Wildman–Crippen LogP) is 4.91. The Bertz CT molecular complexity index is 1150. The first kappa shape index (κ1) is 22.4. The number of benzene rings is 3. The highest BCUT2D eigenvalue weighted by Crippen LogP contribution is 2.35. The molecule has 3 aromatic rings. The highest BCUT2D eigenvalue weighted by Gasteiger charge is 2.31. The molecule has 0 aliphatic carbocycles. The van der Waals surface area contributed by atoms with Crippen LogP contribution in [0.2, 0.25) is 0 Å². The third kappa shape index (κ3) is 4.62. The Morgan fingerprint density at radius 2 is 1.56 bits per heavy atom. The zero-order valence-corrected chi connectivity index (χ0v) is 19.7. The Kier molecular flexibility index (Phi) is 6.45. The van der Waals surface area contributed by atoms with Gasteiger partial charge in [-0.25, -0.2) is 0 Å². The van der Waals surface area contributed by atoms with Crippen LogP contribution in [0.4, 0.5) is 11.4 Å². The van der Waals surface area contributed by atoms with Gasteiger partial charge in [0.15, 0.2) is 0 Å². The number of hydrogen-bond acceptors (Lipinski definition) is 3. The molecule has 5 heteroatoms. The maximum absolute atomic E-state index is 13.8. The van der Waals surface area contributed by atoms with Crippen LogP contribution in [0.1, 0.15) is 41.3 Å². The highest BCUT2D eigenvalue weighted by atomic mass is 16.2. The number of piperidine rings is 1. The molecule has 2 heterocycles. The molecule has 174 valence electrons. The number of rotatable bonds is 5. The Labute approximate surface area is 201 Å². The van der Waals surface area contributed by atoms with Gasteiger partial charge in [0, 0.05) is 56.1 Å². The Morgan fingerprint density at radius 1 is 0.882 bits per heavy atom. The van der Waals surface area contributed by atoms with Gasteiger partial charge in [-0.3, -0.25) is 14.5 Å². The number of carbonyl (C=O) groups excluding carboxylic acids is 2. The molecule has 0 bridgehead atoms. The van der Waals surface area contributed by atoms with E-state index in [1.54, 1.807) is 6.92 Å². The van der Waals surface area contributed by atoms with Gasteiger partial charge in [-0.2, -0.15) is 0 Å². The van der Waals surface area contributed by atoms with Crippen LogP contribution in [0, 0.1) is 0 Å². The summed E-state index contributed by atoms with van der Waals surface area (Å²) in [6.07, 6.45) is 2.69. The van der Waals surface area contributed by atoms with E-state index in [9.17, 15) is 9.59 Å². The lowest BCUT2D eigenvalue weighted by Gasteiger charge is -2.39. The molecule has 0 N–H and O–H groups in total. The second kappa shape index (κ2) is 9.82. The molecule has 5 nitrogen and oxygen atoms in total. The van der Waals surface area contributed by atoms with Gasteiger partial charge in [0.05, 0.1) is 0 Å². The Balaban J connectivity index is 1.41. The zero-order chi connectivity index (χ0) is 23.5. The van der Waals surface area contributed by atoms with Crippen molar-refractivity contribution in [1.82, 2.24) is 4.90 Å². The summed E-state index contributed by atoms with van der Waals surface area (Å²) in [6, 6.07) is 26.4. The van der Waals surface area contributed by atoms with E-state index in [0.29, 0.717) is 12.1 Å². The minimum absolute atomic E-state index is 0.0226. The van der Waals surface area contributed by atoms with Gasteiger partial charge in [0.25, 0.3) is 5.91 Å². The summed E-state index contributed by atoms with van der Waals surface area (Å²) in [5.41, 5.74) is 5.00. The molecule has 5 rings (SSSR count). The van der Waals surface area contributed by atoms with Gasteiger partial charge in [-0.1, -0.05) is 54.6 Å². The summed E-state index contributed by atoms with van der Waals surface area (Å²) in [7, 11) is 0. The number of nitrogens with zero attached hydrogens (tertiary/aromatic N) is 3. The van der Waals surface area contributed by atoms with Gasteiger partial charge in [0.1, 0.15) is 0 Å². The third-order valence-electron chi connectivity index (χ3n) is 7.03. The standard InChI is InChI=1S/C29H31N3O2/c1-22(33)31-19-14-24-12-13-27(20-28(24)31)32(29(34)25-10-6-3-7-11-25)26-15-17-30(18-16-26)21-23-8-4-2-5-9-23/h2-13,20,26H,14-19,21H2,1H3. The predicted molar refractivity (Wildman–Crippen MR) is 136 cm³/mol. The average molecular weight is 454 g/mol. The van der Waals surface area contributed by atoms with Crippen molar-refractivity contribution in [1.29, 1.82) is 0 Å². The van der Waals surface area contributed by atoms with E-state index < -0.39 is 0 Å². The van der Waals surface area contributed by atoms with E-state index in [4.69, 9.17) is 0 Å². The molecular weight excluding hydrogens is 422 g/mol. The van der Waals surface area contributed by atoms with Gasteiger partial charge in [-0.15, -0.1) is 0 Å². The highest BCUT2D eigenvalue weighted by molar-refractivity contribution is 6.07. The molecule has 0 saturated carbocycles. The van der Waals surface area contributed by atoms with Crippen molar-refractivity contribution in [2.45, 2.75) is 38.8 Å². The second-order valence-electron chi connectivity index (χ2n) is 9.27. The van der Waals surface area contributed by atoms with Gasteiger partial charge in [0.2, 0.25) is 5.91 Å². The van der Waals surface area contributed by atoms with Crippen LogP contribution in [0.15, 0.2) is 78.9 Å². The van der Waals surface area contributed by atoms with Crippen LogP contribution in [0.25, 0.3) is 0 Å². The number of carbonyl (C=O) groups is 2. The topological polar surface area (TPSA) is 43.9 Å². The fourth-order valence-electron chi connectivity index (χ4n) is 5.24. The van der Waals surface area contributed by atoms with Crippen LogP contribution in [0.3, 0.4) is 0 Å². The quantitative estimate of drug-likeness (QED) is 0.552. The summed E-state index contributed by atoms with van der Waals surface area (Å²) < 4.78 is 0. The maximum Gasteiger partial charge on any atom is 0.258 e. The summed E-state index contributed by atoms with van der Waals surface area (Å²) in [4.78, 5) is 32.2. The molecule has 0 spiro atoms. The van der Waals surface area contributed by atoms with Crippen molar-refractivity contribution in [2.24, 2.45) is 0 Å².